The second-order valence-electron chi connectivity index (χ2n) is 3.26. The van der Waals surface area contributed by atoms with Crippen molar-refractivity contribution < 1.29 is 4.79 Å². The zero-order valence-electron chi connectivity index (χ0n) is 8.00. The Labute approximate surface area is 78.0 Å². The standard InChI is InChI=1S/C10H14N2O/c1-7-5-9(4-3-8(2)13)10(11)12-6-7/h5-6H,3-4H2,1-2H3,(H2,11,12). The van der Waals surface area contributed by atoms with Crippen molar-refractivity contribution in [1.29, 1.82) is 0 Å². The minimum Gasteiger partial charge on any atom is -0.383 e. The molecule has 1 heterocycles. The third-order valence-corrected chi connectivity index (χ3v) is 1.88. The highest BCUT2D eigenvalue weighted by Gasteiger charge is 2.02. The Hall–Kier alpha value is -1.38. The number of pyridine rings is 1. The van der Waals surface area contributed by atoms with Gasteiger partial charge < -0.3 is 10.5 Å². The molecule has 0 aromatic carbocycles. The summed E-state index contributed by atoms with van der Waals surface area (Å²) in [4.78, 5) is 14.8. The number of Topliss-reactive ketones (excluding diaryl/α,β-unsaturated/α-hetero) is 1. The summed E-state index contributed by atoms with van der Waals surface area (Å²) in [6, 6.07) is 1.98. The number of nitrogen functional groups attached to an aromatic ring is 1. The SMILES string of the molecule is CC(=O)CCc1cc(C)cnc1N. The number of hydrogen-bond acceptors (Lipinski definition) is 3. The van der Waals surface area contributed by atoms with Crippen LogP contribution in [-0.2, 0) is 11.2 Å². The lowest BCUT2D eigenvalue weighted by molar-refractivity contribution is -0.116. The maximum Gasteiger partial charge on any atom is 0.130 e. The number of nitrogens with zero attached hydrogens (tertiary/aromatic N) is 1. The first-order chi connectivity index (χ1) is 6.09. The highest BCUT2D eigenvalue weighted by atomic mass is 16.1. The smallest absolute Gasteiger partial charge is 0.130 e. The summed E-state index contributed by atoms with van der Waals surface area (Å²) in [6.45, 7) is 3.54. The normalized spacial score (nSPS) is 10.0. The number of aromatic nitrogens is 1. The Morgan fingerprint density at radius 2 is 2.31 bits per heavy atom. The van der Waals surface area contributed by atoms with Crippen molar-refractivity contribution in [2.45, 2.75) is 26.7 Å². The lowest BCUT2D eigenvalue weighted by atomic mass is 10.1. The van der Waals surface area contributed by atoms with Crippen LogP contribution in [0.2, 0.25) is 0 Å². The molecule has 0 aliphatic carbocycles. The van der Waals surface area contributed by atoms with Crippen LogP contribution >= 0.6 is 0 Å². The molecule has 0 fully saturated rings. The summed E-state index contributed by atoms with van der Waals surface area (Å²) >= 11 is 0. The molecular weight excluding hydrogens is 164 g/mol. The van der Waals surface area contributed by atoms with E-state index >= 15 is 0 Å². The number of hydrogen-bond donors (Lipinski definition) is 1. The predicted octanol–water partition coefficient (Wildman–Crippen LogP) is 1.49. The molecule has 2 N–H and O–H groups in total. The molecule has 0 spiro atoms. The Bertz CT molecular complexity index is 321. The van der Waals surface area contributed by atoms with E-state index in [1.54, 1.807) is 13.1 Å². The van der Waals surface area contributed by atoms with Gasteiger partial charge in [0.05, 0.1) is 0 Å². The van der Waals surface area contributed by atoms with Crippen LogP contribution < -0.4 is 5.73 Å². The van der Waals surface area contributed by atoms with Crippen molar-refractivity contribution in [3.63, 3.8) is 0 Å². The van der Waals surface area contributed by atoms with Crippen LogP contribution in [-0.4, -0.2) is 10.8 Å². The van der Waals surface area contributed by atoms with Gasteiger partial charge in [-0.3, -0.25) is 0 Å². The molecule has 0 aliphatic heterocycles. The number of carbonyl (C=O) groups is 1. The van der Waals surface area contributed by atoms with Gasteiger partial charge in [-0.1, -0.05) is 6.07 Å². The third-order valence-electron chi connectivity index (χ3n) is 1.88. The van der Waals surface area contributed by atoms with Gasteiger partial charge in [0.15, 0.2) is 0 Å². The van der Waals surface area contributed by atoms with Crippen molar-refractivity contribution in [3.05, 3.63) is 23.4 Å². The number of ketones is 1. The zero-order valence-corrected chi connectivity index (χ0v) is 8.00. The van der Waals surface area contributed by atoms with E-state index in [0.29, 0.717) is 18.7 Å². The van der Waals surface area contributed by atoms with Crippen molar-refractivity contribution in [2.24, 2.45) is 0 Å². The molecule has 3 nitrogen and oxygen atoms in total. The summed E-state index contributed by atoms with van der Waals surface area (Å²) in [7, 11) is 0. The molecule has 0 amide bonds. The van der Waals surface area contributed by atoms with Gasteiger partial charge in [-0.2, -0.15) is 0 Å². The lowest BCUT2D eigenvalue weighted by Gasteiger charge is -2.03. The summed E-state index contributed by atoms with van der Waals surface area (Å²) in [5, 5.41) is 0. The second kappa shape index (κ2) is 4.03. The van der Waals surface area contributed by atoms with Gasteiger partial charge in [-0.05, 0) is 31.4 Å². The fraction of sp³-hybridized carbons (Fsp3) is 0.400. The van der Waals surface area contributed by atoms with Crippen molar-refractivity contribution in [3.8, 4) is 0 Å². The van der Waals surface area contributed by atoms with Crippen molar-refractivity contribution in [1.82, 2.24) is 4.98 Å². The highest BCUT2D eigenvalue weighted by molar-refractivity contribution is 5.75. The van der Waals surface area contributed by atoms with E-state index in [1.165, 1.54) is 0 Å². The second-order valence-corrected chi connectivity index (χ2v) is 3.26. The Kier molecular flexibility index (Phi) is 3.01. The molecular formula is C10H14N2O. The topological polar surface area (TPSA) is 56.0 Å². The van der Waals surface area contributed by atoms with Crippen LogP contribution in [0.4, 0.5) is 5.82 Å². The quantitative estimate of drug-likeness (QED) is 0.763. The molecule has 1 aromatic rings. The van der Waals surface area contributed by atoms with Crippen molar-refractivity contribution >= 4 is 11.6 Å². The first-order valence-electron chi connectivity index (χ1n) is 4.30. The van der Waals surface area contributed by atoms with Gasteiger partial charge in [-0.25, -0.2) is 4.98 Å². The summed E-state index contributed by atoms with van der Waals surface area (Å²) in [6.07, 6.45) is 2.96. The number of aryl methyl sites for hydroxylation is 2. The van der Waals surface area contributed by atoms with Crippen LogP contribution in [0.1, 0.15) is 24.5 Å². The summed E-state index contributed by atoms with van der Waals surface area (Å²) in [5.74, 6) is 0.716. The molecule has 13 heavy (non-hydrogen) atoms. The average Bonchev–Trinajstić information content (AvgIpc) is 2.06. The molecule has 1 aromatic heterocycles. The van der Waals surface area contributed by atoms with Gasteiger partial charge in [0.2, 0.25) is 0 Å². The van der Waals surface area contributed by atoms with Crippen LogP contribution in [0.5, 0.6) is 0 Å². The first-order valence-corrected chi connectivity index (χ1v) is 4.30. The van der Waals surface area contributed by atoms with Crippen LogP contribution in [0.25, 0.3) is 0 Å². The van der Waals surface area contributed by atoms with Gasteiger partial charge in [0, 0.05) is 12.6 Å². The Morgan fingerprint density at radius 3 is 2.92 bits per heavy atom. The van der Waals surface area contributed by atoms with Crippen LogP contribution in [0.3, 0.4) is 0 Å². The largest absolute Gasteiger partial charge is 0.383 e. The molecule has 0 bridgehead atoms. The van der Waals surface area contributed by atoms with E-state index < -0.39 is 0 Å². The average molecular weight is 178 g/mol. The number of carbonyl (C=O) groups excluding carboxylic acids is 1. The van der Waals surface area contributed by atoms with E-state index in [0.717, 1.165) is 11.1 Å². The molecule has 3 heteroatoms. The molecule has 0 radical (unpaired) electrons. The van der Waals surface area contributed by atoms with Gasteiger partial charge in [0.1, 0.15) is 11.6 Å². The van der Waals surface area contributed by atoms with E-state index in [4.69, 9.17) is 5.73 Å². The van der Waals surface area contributed by atoms with E-state index in [-0.39, 0.29) is 5.78 Å². The predicted molar refractivity (Wildman–Crippen MR) is 52.4 cm³/mol. The maximum atomic E-state index is 10.8. The molecule has 1 rings (SSSR count). The minimum absolute atomic E-state index is 0.181. The number of anilines is 1. The van der Waals surface area contributed by atoms with Gasteiger partial charge in [-0.15, -0.1) is 0 Å². The molecule has 70 valence electrons. The molecule has 0 atom stereocenters. The molecule has 0 aliphatic rings. The fourth-order valence-corrected chi connectivity index (χ4v) is 1.15. The molecule has 0 saturated heterocycles. The highest BCUT2D eigenvalue weighted by Crippen LogP contribution is 2.12. The van der Waals surface area contributed by atoms with E-state index in [1.807, 2.05) is 13.0 Å². The zero-order chi connectivity index (χ0) is 9.84. The van der Waals surface area contributed by atoms with Crippen molar-refractivity contribution in [2.75, 3.05) is 5.73 Å². The number of rotatable bonds is 3. The molecule has 0 unspecified atom stereocenters. The van der Waals surface area contributed by atoms with Gasteiger partial charge in [0.25, 0.3) is 0 Å². The maximum absolute atomic E-state index is 10.8. The van der Waals surface area contributed by atoms with E-state index in [2.05, 4.69) is 4.98 Å². The molecule has 0 saturated carbocycles. The first kappa shape index (κ1) is 9.71. The minimum atomic E-state index is 0.181. The van der Waals surface area contributed by atoms with Crippen LogP contribution in [0.15, 0.2) is 12.3 Å². The Morgan fingerprint density at radius 1 is 1.62 bits per heavy atom. The lowest BCUT2D eigenvalue weighted by Crippen LogP contribution is -2.01. The monoisotopic (exact) mass is 178 g/mol. The number of nitrogens with two attached hydrogens (primary N) is 1. The van der Waals surface area contributed by atoms with Gasteiger partial charge >= 0.3 is 0 Å². The summed E-state index contributed by atoms with van der Waals surface area (Å²) in [5.41, 5.74) is 7.70. The Balaban J connectivity index is 2.75. The third kappa shape index (κ3) is 2.86. The van der Waals surface area contributed by atoms with Crippen LogP contribution in [0, 0.1) is 6.92 Å². The summed E-state index contributed by atoms with van der Waals surface area (Å²) < 4.78 is 0. The fourth-order valence-electron chi connectivity index (χ4n) is 1.15. The van der Waals surface area contributed by atoms with E-state index in [9.17, 15) is 4.79 Å².